The molecule has 1 aliphatic rings. The molecule has 0 bridgehead atoms. The van der Waals surface area contributed by atoms with Gasteiger partial charge in [0.05, 0.1) is 11.7 Å². The van der Waals surface area contributed by atoms with Crippen molar-refractivity contribution < 1.29 is 18.4 Å². The Morgan fingerprint density at radius 3 is 2.57 bits per heavy atom. The first-order chi connectivity index (χ1) is 13.4. The van der Waals surface area contributed by atoms with Crippen LogP contribution in [0.2, 0.25) is 0 Å². The summed E-state index contributed by atoms with van der Waals surface area (Å²) in [7, 11) is 2.06. The lowest BCUT2D eigenvalue weighted by atomic mass is 10.1. The van der Waals surface area contributed by atoms with E-state index in [4.69, 9.17) is 0 Å². The molecule has 1 atom stereocenters. The molecule has 2 heterocycles. The number of amides is 2. The number of likely N-dealkylation sites (N-methyl/N-ethyl adjacent to an activating group) is 1. The number of nitrogens with one attached hydrogen (secondary N) is 2. The Morgan fingerprint density at radius 2 is 1.89 bits per heavy atom. The number of piperazine rings is 1. The lowest BCUT2D eigenvalue weighted by Crippen LogP contribution is -2.49. The highest BCUT2D eigenvalue weighted by atomic mass is 32.1. The van der Waals surface area contributed by atoms with E-state index in [2.05, 4.69) is 27.5 Å². The molecule has 0 saturated carbocycles. The van der Waals surface area contributed by atoms with Crippen molar-refractivity contribution in [3.05, 3.63) is 52.2 Å². The molecule has 1 unspecified atom stereocenters. The lowest BCUT2D eigenvalue weighted by Gasteiger charge is -2.37. The third-order valence-corrected chi connectivity index (χ3v) is 5.45. The Balaban J connectivity index is 1.61. The highest BCUT2D eigenvalue weighted by molar-refractivity contribution is 7.08. The van der Waals surface area contributed by atoms with Crippen molar-refractivity contribution in [1.82, 2.24) is 15.1 Å². The van der Waals surface area contributed by atoms with Crippen molar-refractivity contribution in [2.45, 2.75) is 6.04 Å². The molecule has 2 amide bonds. The number of carbonyl (C=O) groups excluding carboxylic acids is 2. The van der Waals surface area contributed by atoms with Gasteiger partial charge in [-0.1, -0.05) is 0 Å². The van der Waals surface area contributed by atoms with Crippen LogP contribution < -0.4 is 10.6 Å². The largest absolute Gasteiger partial charge is 0.346 e. The number of hydrogen-bond donors (Lipinski definition) is 2. The van der Waals surface area contributed by atoms with Crippen molar-refractivity contribution in [3.63, 3.8) is 0 Å². The average Bonchev–Trinajstić information content (AvgIpc) is 3.20. The van der Waals surface area contributed by atoms with Crippen LogP contribution >= 0.6 is 11.3 Å². The van der Waals surface area contributed by atoms with E-state index in [1.807, 2.05) is 16.8 Å². The van der Waals surface area contributed by atoms with Crippen LogP contribution in [0.1, 0.15) is 11.6 Å². The molecule has 1 fully saturated rings. The van der Waals surface area contributed by atoms with Crippen LogP contribution in [-0.4, -0.2) is 61.4 Å². The lowest BCUT2D eigenvalue weighted by molar-refractivity contribution is -0.136. The molecule has 1 aliphatic heterocycles. The van der Waals surface area contributed by atoms with Crippen molar-refractivity contribution in [2.75, 3.05) is 45.1 Å². The number of anilines is 1. The summed E-state index contributed by atoms with van der Waals surface area (Å²) in [5, 5.41) is 8.72. The number of rotatable bonds is 5. The predicted molar refractivity (Wildman–Crippen MR) is 104 cm³/mol. The average molecular weight is 408 g/mol. The molecule has 9 heteroatoms. The summed E-state index contributed by atoms with van der Waals surface area (Å²) >= 11 is 1.57. The van der Waals surface area contributed by atoms with E-state index in [1.165, 1.54) is 0 Å². The fourth-order valence-corrected chi connectivity index (χ4v) is 3.81. The summed E-state index contributed by atoms with van der Waals surface area (Å²) in [5.74, 6) is -3.44. The molecule has 2 N–H and O–H groups in total. The van der Waals surface area contributed by atoms with Gasteiger partial charge in [0.2, 0.25) is 0 Å². The van der Waals surface area contributed by atoms with E-state index in [0.717, 1.165) is 49.9 Å². The maximum atomic E-state index is 13.6. The maximum absolute atomic E-state index is 13.6. The zero-order valence-corrected chi connectivity index (χ0v) is 16.3. The Bertz CT molecular complexity index is 823. The van der Waals surface area contributed by atoms with Gasteiger partial charge in [-0.3, -0.25) is 14.5 Å². The fourth-order valence-electron chi connectivity index (χ4n) is 3.10. The van der Waals surface area contributed by atoms with Gasteiger partial charge in [0.1, 0.15) is 11.6 Å². The molecule has 0 aliphatic carbocycles. The van der Waals surface area contributed by atoms with Gasteiger partial charge >= 0.3 is 11.8 Å². The zero-order valence-electron chi connectivity index (χ0n) is 15.5. The first kappa shape index (κ1) is 20.4. The molecule has 28 heavy (non-hydrogen) atoms. The predicted octanol–water partition coefficient (Wildman–Crippen LogP) is 2.07. The van der Waals surface area contributed by atoms with E-state index in [-0.39, 0.29) is 18.3 Å². The van der Waals surface area contributed by atoms with E-state index < -0.39 is 23.4 Å². The number of thiophene rings is 1. The molecular weight excluding hydrogens is 386 g/mol. The second-order valence-corrected chi connectivity index (χ2v) is 7.48. The smallest absolute Gasteiger partial charge is 0.313 e. The number of nitrogens with zero attached hydrogens (tertiary/aromatic N) is 2. The van der Waals surface area contributed by atoms with E-state index >= 15 is 0 Å². The van der Waals surface area contributed by atoms with E-state index in [1.54, 1.807) is 11.3 Å². The third-order valence-electron chi connectivity index (χ3n) is 4.75. The molecule has 2 aromatic rings. The van der Waals surface area contributed by atoms with Gasteiger partial charge in [-0.2, -0.15) is 11.3 Å². The molecule has 6 nitrogen and oxygen atoms in total. The van der Waals surface area contributed by atoms with Crippen LogP contribution in [-0.2, 0) is 9.59 Å². The quantitative estimate of drug-likeness (QED) is 0.744. The Labute approximate surface area is 166 Å². The number of hydrogen-bond acceptors (Lipinski definition) is 5. The molecule has 1 saturated heterocycles. The Kier molecular flexibility index (Phi) is 6.71. The second-order valence-electron chi connectivity index (χ2n) is 6.70. The topological polar surface area (TPSA) is 64.7 Å². The van der Waals surface area contributed by atoms with Gasteiger partial charge in [-0.25, -0.2) is 8.78 Å². The van der Waals surface area contributed by atoms with Crippen molar-refractivity contribution in [1.29, 1.82) is 0 Å². The monoisotopic (exact) mass is 408 g/mol. The Hall–Kier alpha value is -2.36. The van der Waals surface area contributed by atoms with Crippen LogP contribution in [0.5, 0.6) is 0 Å². The van der Waals surface area contributed by atoms with Gasteiger partial charge in [0.25, 0.3) is 0 Å². The van der Waals surface area contributed by atoms with Crippen LogP contribution in [0, 0.1) is 11.6 Å². The Morgan fingerprint density at radius 1 is 1.14 bits per heavy atom. The number of carbonyl (C=O) groups is 2. The number of halogens is 2. The summed E-state index contributed by atoms with van der Waals surface area (Å²) in [6, 6.07) is 4.61. The first-order valence-corrected chi connectivity index (χ1v) is 9.87. The van der Waals surface area contributed by atoms with Crippen LogP contribution in [0.4, 0.5) is 14.5 Å². The fraction of sp³-hybridized carbons (Fsp3) is 0.368. The summed E-state index contributed by atoms with van der Waals surface area (Å²) in [5.41, 5.74) is 0.708. The molecule has 3 rings (SSSR count). The van der Waals surface area contributed by atoms with Crippen molar-refractivity contribution in [2.24, 2.45) is 0 Å². The standard InChI is InChI=1S/C19H22F2N4O2S/c1-24-5-7-25(8-6-24)17(13-4-9-28-12-13)11-22-18(26)19(27)23-16-10-14(20)2-3-15(16)21/h2-4,9-10,12,17H,5-8,11H2,1H3,(H,22,26)(H,23,27). The highest BCUT2D eigenvalue weighted by Gasteiger charge is 2.26. The van der Waals surface area contributed by atoms with Crippen LogP contribution in [0.3, 0.4) is 0 Å². The molecule has 150 valence electrons. The van der Waals surface area contributed by atoms with E-state index in [0.29, 0.717) is 0 Å². The van der Waals surface area contributed by atoms with Gasteiger partial charge in [0.15, 0.2) is 0 Å². The highest BCUT2D eigenvalue weighted by Crippen LogP contribution is 2.23. The minimum absolute atomic E-state index is 0.0531. The van der Waals surface area contributed by atoms with Crippen molar-refractivity contribution in [3.8, 4) is 0 Å². The molecule has 1 aromatic heterocycles. The zero-order chi connectivity index (χ0) is 20.1. The normalized spacial score (nSPS) is 16.5. The van der Waals surface area contributed by atoms with E-state index in [9.17, 15) is 18.4 Å². The van der Waals surface area contributed by atoms with Gasteiger partial charge in [0, 0.05) is 38.8 Å². The molecule has 0 radical (unpaired) electrons. The summed E-state index contributed by atoms with van der Waals surface area (Å²) < 4.78 is 26.9. The molecule has 0 spiro atoms. The minimum Gasteiger partial charge on any atom is -0.346 e. The van der Waals surface area contributed by atoms with Gasteiger partial charge in [-0.05, 0) is 41.6 Å². The first-order valence-electron chi connectivity index (χ1n) is 8.93. The summed E-state index contributed by atoms with van der Waals surface area (Å²) in [6.07, 6.45) is 0. The second kappa shape index (κ2) is 9.22. The van der Waals surface area contributed by atoms with Crippen molar-refractivity contribution >= 4 is 28.8 Å². The van der Waals surface area contributed by atoms with Crippen LogP contribution in [0.25, 0.3) is 0 Å². The summed E-state index contributed by atoms with van der Waals surface area (Å²) in [6.45, 7) is 3.81. The number of benzene rings is 1. The van der Waals surface area contributed by atoms with Gasteiger partial charge in [-0.15, -0.1) is 0 Å². The summed E-state index contributed by atoms with van der Waals surface area (Å²) in [4.78, 5) is 28.8. The maximum Gasteiger partial charge on any atom is 0.313 e. The minimum atomic E-state index is -1.04. The van der Waals surface area contributed by atoms with Crippen LogP contribution in [0.15, 0.2) is 35.0 Å². The van der Waals surface area contributed by atoms with Gasteiger partial charge < -0.3 is 15.5 Å². The molecular formula is C19H22F2N4O2S. The molecule has 1 aromatic carbocycles. The third kappa shape index (κ3) is 5.12. The SMILES string of the molecule is CN1CCN(C(CNC(=O)C(=O)Nc2cc(F)ccc2F)c2ccsc2)CC1.